The van der Waals surface area contributed by atoms with Gasteiger partial charge >= 0.3 is 0 Å². The molecule has 30 heavy (non-hydrogen) atoms. The highest BCUT2D eigenvalue weighted by Gasteiger charge is 2.49. The first-order valence-electron chi connectivity index (χ1n) is 11.3. The third-order valence-electron chi connectivity index (χ3n) is 7.95. The summed E-state index contributed by atoms with van der Waals surface area (Å²) in [6.45, 7) is 7.71. The largest absolute Gasteiger partial charge is 0.375 e. The smallest absolute Gasteiger partial charge is 0.292 e. The third-order valence-corrected chi connectivity index (χ3v) is 7.95. The second kappa shape index (κ2) is 7.38. The van der Waals surface area contributed by atoms with E-state index in [0.29, 0.717) is 24.2 Å². The van der Waals surface area contributed by atoms with Crippen molar-refractivity contribution in [1.29, 1.82) is 0 Å². The molecule has 5 rings (SSSR count). The van der Waals surface area contributed by atoms with Gasteiger partial charge in [-0.05, 0) is 72.2 Å². The molecular weight excluding hydrogens is 374 g/mol. The maximum Gasteiger partial charge on any atom is 0.292 e. The van der Waals surface area contributed by atoms with Crippen LogP contribution in [-0.2, 0) is 18.4 Å². The molecule has 5 heteroatoms. The predicted molar refractivity (Wildman–Crippen MR) is 120 cm³/mol. The molecule has 1 aliphatic heterocycles. The number of hydrogen-bond donors (Lipinski definition) is 1. The van der Waals surface area contributed by atoms with Gasteiger partial charge in [-0.15, -0.1) is 0 Å². The number of nitrogens with zero attached hydrogens (tertiary/aromatic N) is 2. The Morgan fingerprint density at radius 2 is 2.00 bits per heavy atom. The van der Waals surface area contributed by atoms with Crippen LogP contribution in [0.1, 0.15) is 49.8 Å². The molecule has 1 N–H and O–H groups in total. The van der Waals surface area contributed by atoms with E-state index in [1.807, 2.05) is 36.4 Å². The minimum atomic E-state index is -0.230. The van der Waals surface area contributed by atoms with Gasteiger partial charge in [0.2, 0.25) is 0 Å². The monoisotopic (exact) mass is 405 g/mol. The van der Waals surface area contributed by atoms with E-state index < -0.39 is 0 Å². The van der Waals surface area contributed by atoms with Crippen molar-refractivity contribution in [2.75, 3.05) is 18.4 Å². The van der Waals surface area contributed by atoms with Crippen molar-refractivity contribution in [3.8, 4) is 0 Å². The summed E-state index contributed by atoms with van der Waals surface area (Å²) < 4.78 is 0. The Hall–Kier alpha value is -2.40. The standard InChI is InChI=1S/C25H31N3O2/c1-17-23-12-20-13-24(28(29)30)22(26-15-18-6-4-3-5-7-18)14-21(20)25(17,2)10-11-27(23)16-19-8-9-19/h3-7,13-14,17,19,23,26H,8-12,15-16H2,1-2H3/t17-,23-,25-/m1/s1. The Balaban J connectivity index is 1.48. The lowest BCUT2D eigenvalue weighted by Gasteiger charge is -2.54. The van der Waals surface area contributed by atoms with Gasteiger partial charge in [-0.3, -0.25) is 15.0 Å². The molecule has 2 aliphatic carbocycles. The number of nitro groups is 1. The van der Waals surface area contributed by atoms with Crippen LogP contribution in [0.2, 0.25) is 0 Å². The topological polar surface area (TPSA) is 58.4 Å². The lowest BCUT2D eigenvalue weighted by atomic mass is 9.59. The number of fused-ring (bicyclic) bond motifs is 4. The molecule has 1 saturated heterocycles. The SMILES string of the molecule is C[C@@H]1[C@H]2Cc3cc([N+](=O)[O-])c(NCc4ccccc4)cc3[C@]1(C)CCN2CC1CC1. The molecule has 3 atom stereocenters. The molecule has 0 unspecified atom stereocenters. The van der Waals surface area contributed by atoms with E-state index in [2.05, 4.69) is 30.1 Å². The van der Waals surface area contributed by atoms with Gasteiger partial charge in [-0.1, -0.05) is 44.2 Å². The molecule has 0 amide bonds. The molecule has 2 aromatic rings. The normalized spacial score (nSPS) is 28.1. The maximum absolute atomic E-state index is 11.9. The lowest BCUT2D eigenvalue weighted by molar-refractivity contribution is -0.384. The number of nitrogens with one attached hydrogen (secondary N) is 1. The van der Waals surface area contributed by atoms with Crippen molar-refractivity contribution >= 4 is 11.4 Å². The van der Waals surface area contributed by atoms with E-state index in [1.165, 1.54) is 30.5 Å². The second-order valence-electron chi connectivity index (χ2n) is 9.79. The Bertz CT molecular complexity index is 956. The highest BCUT2D eigenvalue weighted by atomic mass is 16.6. The van der Waals surface area contributed by atoms with Gasteiger partial charge in [0.25, 0.3) is 5.69 Å². The van der Waals surface area contributed by atoms with Gasteiger partial charge in [-0.2, -0.15) is 0 Å². The fourth-order valence-electron chi connectivity index (χ4n) is 5.70. The number of nitro benzene ring substituents is 1. The lowest BCUT2D eigenvalue weighted by Crippen LogP contribution is -2.58. The summed E-state index contributed by atoms with van der Waals surface area (Å²) in [6.07, 6.45) is 4.79. The van der Waals surface area contributed by atoms with Crippen molar-refractivity contribution in [3.05, 3.63) is 69.3 Å². The van der Waals surface area contributed by atoms with Gasteiger partial charge in [0.15, 0.2) is 0 Å². The Kier molecular flexibility index (Phi) is 4.81. The summed E-state index contributed by atoms with van der Waals surface area (Å²) in [4.78, 5) is 14.3. The van der Waals surface area contributed by atoms with E-state index >= 15 is 0 Å². The number of benzene rings is 2. The zero-order valence-corrected chi connectivity index (χ0v) is 17.9. The first-order chi connectivity index (χ1) is 14.5. The minimum absolute atomic E-state index is 0.0800. The molecule has 158 valence electrons. The summed E-state index contributed by atoms with van der Waals surface area (Å²) >= 11 is 0. The van der Waals surface area contributed by atoms with Gasteiger partial charge in [0.1, 0.15) is 5.69 Å². The Morgan fingerprint density at radius 3 is 2.70 bits per heavy atom. The molecule has 2 aromatic carbocycles. The van der Waals surface area contributed by atoms with Crippen molar-refractivity contribution in [2.45, 2.75) is 57.5 Å². The van der Waals surface area contributed by atoms with Crippen LogP contribution in [-0.4, -0.2) is 29.0 Å². The van der Waals surface area contributed by atoms with E-state index in [9.17, 15) is 10.1 Å². The quantitative estimate of drug-likeness (QED) is 0.534. The van der Waals surface area contributed by atoms with E-state index in [4.69, 9.17) is 0 Å². The van der Waals surface area contributed by atoms with Crippen molar-refractivity contribution in [3.63, 3.8) is 0 Å². The first kappa shape index (κ1) is 19.6. The number of anilines is 1. The van der Waals surface area contributed by atoms with Crippen LogP contribution < -0.4 is 5.32 Å². The van der Waals surface area contributed by atoms with Crippen LogP contribution in [0.3, 0.4) is 0 Å². The molecule has 3 aliphatic rings. The van der Waals surface area contributed by atoms with Crippen LogP contribution in [0.25, 0.3) is 0 Å². The third kappa shape index (κ3) is 3.39. The van der Waals surface area contributed by atoms with Crippen LogP contribution in [0.5, 0.6) is 0 Å². The minimum Gasteiger partial charge on any atom is -0.375 e. The molecule has 1 saturated carbocycles. The fourth-order valence-corrected chi connectivity index (χ4v) is 5.70. The first-order valence-corrected chi connectivity index (χ1v) is 11.3. The molecule has 1 heterocycles. The van der Waals surface area contributed by atoms with Gasteiger partial charge in [0.05, 0.1) is 4.92 Å². The molecule has 2 fully saturated rings. The van der Waals surface area contributed by atoms with Crippen molar-refractivity contribution in [2.24, 2.45) is 11.8 Å². The number of hydrogen-bond acceptors (Lipinski definition) is 4. The number of rotatable bonds is 6. The summed E-state index contributed by atoms with van der Waals surface area (Å²) in [5.41, 5.74) is 4.55. The average Bonchev–Trinajstić information content (AvgIpc) is 3.56. The van der Waals surface area contributed by atoms with Crippen molar-refractivity contribution in [1.82, 2.24) is 4.90 Å². The zero-order chi connectivity index (χ0) is 20.9. The molecular formula is C25H31N3O2. The highest BCUT2D eigenvalue weighted by Crippen LogP contribution is 2.51. The zero-order valence-electron chi connectivity index (χ0n) is 17.9. The molecule has 0 spiro atoms. The second-order valence-corrected chi connectivity index (χ2v) is 9.79. The van der Waals surface area contributed by atoms with E-state index in [1.54, 1.807) is 0 Å². The fraction of sp³-hybridized carbons (Fsp3) is 0.520. The van der Waals surface area contributed by atoms with Crippen LogP contribution in [0, 0.1) is 22.0 Å². The van der Waals surface area contributed by atoms with Crippen LogP contribution in [0.15, 0.2) is 42.5 Å². The molecule has 2 bridgehead atoms. The van der Waals surface area contributed by atoms with E-state index in [0.717, 1.165) is 30.9 Å². The Labute approximate surface area is 178 Å². The number of likely N-dealkylation sites (tertiary alicyclic amines) is 1. The summed E-state index contributed by atoms with van der Waals surface area (Å²) in [7, 11) is 0. The Morgan fingerprint density at radius 1 is 1.23 bits per heavy atom. The summed E-state index contributed by atoms with van der Waals surface area (Å²) in [5, 5.41) is 15.2. The summed E-state index contributed by atoms with van der Waals surface area (Å²) in [5.74, 6) is 1.43. The molecule has 0 radical (unpaired) electrons. The van der Waals surface area contributed by atoms with Gasteiger partial charge < -0.3 is 5.32 Å². The van der Waals surface area contributed by atoms with Crippen LogP contribution in [0.4, 0.5) is 11.4 Å². The number of piperidine rings is 1. The van der Waals surface area contributed by atoms with Gasteiger partial charge in [0, 0.05) is 25.2 Å². The predicted octanol–water partition coefficient (Wildman–Crippen LogP) is 5.14. The van der Waals surface area contributed by atoms with Crippen molar-refractivity contribution < 1.29 is 4.92 Å². The summed E-state index contributed by atoms with van der Waals surface area (Å²) in [6, 6.07) is 14.5. The average molecular weight is 406 g/mol. The van der Waals surface area contributed by atoms with Crippen LogP contribution >= 0.6 is 0 Å². The highest BCUT2D eigenvalue weighted by molar-refractivity contribution is 5.66. The van der Waals surface area contributed by atoms with Gasteiger partial charge in [-0.25, -0.2) is 0 Å². The molecule has 5 nitrogen and oxygen atoms in total. The maximum atomic E-state index is 11.9. The van der Waals surface area contributed by atoms with E-state index in [-0.39, 0.29) is 16.0 Å². The molecule has 0 aromatic heterocycles.